The minimum atomic E-state index is -0.141. The topological polar surface area (TPSA) is 45.2 Å². The quantitative estimate of drug-likeness (QED) is 0.843. The molecule has 0 aromatic carbocycles. The molecule has 17 heavy (non-hydrogen) atoms. The molecule has 0 aliphatic heterocycles. The van der Waals surface area contributed by atoms with Gasteiger partial charge in [0.05, 0.1) is 11.0 Å². The minimum Gasteiger partial charge on any atom is -0.342 e. The van der Waals surface area contributed by atoms with Crippen LogP contribution < -0.4 is 5.32 Å². The summed E-state index contributed by atoms with van der Waals surface area (Å²) in [6.45, 7) is 10.1. The molecular formula is C12H21N3OS. The molecule has 1 rings (SSSR count). The fraction of sp³-hybridized carbons (Fsp3) is 0.667. The average Bonchev–Trinajstić information content (AvgIpc) is 2.73. The third-order valence-electron chi connectivity index (χ3n) is 2.70. The van der Waals surface area contributed by atoms with Crippen LogP contribution >= 0.6 is 11.3 Å². The summed E-state index contributed by atoms with van der Waals surface area (Å²) in [6.07, 6.45) is 1.86. The van der Waals surface area contributed by atoms with Crippen molar-refractivity contribution in [3.8, 4) is 0 Å². The molecule has 5 heteroatoms. The van der Waals surface area contributed by atoms with E-state index in [2.05, 4.69) is 10.3 Å². The van der Waals surface area contributed by atoms with E-state index >= 15 is 0 Å². The molecule has 96 valence electrons. The number of hydrogen-bond acceptors (Lipinski definition) is 4. The van der Waals surface area contributed by atoms with Gasteiger partial charge in [-0.2, -0.15) is 0 Å². The van der Waals surface area contributed by atoms with Crippen molar-refractivity contribution in [3.63, 3.8) is 0 Å². The van der Waals surface area contributed by atoms with Gasteiger partial charge in [0.1, 0.15) is 0 Å². The lowest BCUT2D eigenvalue weighted by atomic mass is 10.2. The van der Waals surface area contributed by atoms with E-state index in [1.165, 1.54) is 4.88 Å². The predicted molar refractivity (Wildman–Crippen MR) is 71.1 cm³/mol. The zero-order chi connectivity index (χ0) is 12.8. The number of thiazole rings is 1. The molecule has 1 heterocycles. The van der Waals surface area contributed by atoms with Crippen molar-refractivity contribution in [1.29, 1.82) is 0 Å². The van der Waals surface area contributed by atoms with Crippen LogP contribution in [0.1, 0.15) is 30.7 Å². The highest BCUT2D eigenvalue weighted by molar-refractivity contribution is 7.11. The third-order valence-corrected chi connectivity index (χ3v) is 3.61. The number of hydrogen-bond donors (Lipinski definition) is 1. The molecule has 0 saturated heterocycles. The molecule has 0 radical (unpaired) electrons. The lowest BCUT2D eigenvalue weighted by Gasteiger charge is -2.23. The summed E-state index contributed by atoms with van der Waals surface area (Å²) >= 11 is 1.66. The Hall–Kier alpha value is -0.940. The molecule has 1 atom stereocenters. The molecule has 1 amide bonds. The summed E-state index contributed by atoms with van der Waals surface area (Å²) in [6, 6.07) is -0.141. The standard InChI is InChI=1S/C12H21N3OS/c1-5-15(6-2)12(16)9(3)13-7-11-8-14-10(4)17-11/h8-9,13H,5-7H2,1-4H3. The van der Waals surface area contributed by atoms with Crippen LogP contribution in [0.15, 0.2) is 6.20 Å². The van der Waals surface area contributed by atoms with Crippen LogP contribution in [0.25, 0.3) is 0 Å². The molecule has 0 saturated carbocycles. The summed E-state index contributed by atoms with van der Waals surface area (Å²) in [5.41, 5.74) is 0. The first-order valence-corrected chi connectivity index (χ1v) is 6.83. The van der Waals surface area contributed by atoms with E-state index in [4.69, 9.17) is 0 Å². The lowest BCUT2D eigenvalue weighted by Crippen LogP contribution is -2.44. The molecule has 0 aliphatic carbocycles. The molecular weight excluding hydrogens is 234 g/mol. The second-order valence-corrected chi connectivity index (χ2v) is 5.28. The predicted octanol–water partition coefficient (Wildman–Crippen LogP) is 1.80. The molecule has 0 spiro atoms. The monoisotopic (exact) mass is 255 g/mol. The first-order valence-electron chi connectivity index (χ1n) is 6.01. The fourth-order valence-corrected chi connectivity index (χ4v) is 2.38. The number of nitrogens with one attached hydrogen (secondary N) is 1. The van der Waals surface area contributed by atoms with E-state index < -0.39 is 0 Å². The summed E-state index contributed by atoms with van der Waals surface area (Å²) in [5, 5.41) is 4.30. The Morgan fingerprint density at radius 3 is 2.65 bits per heavy atom. The van der Waals surface area contributed by atoms with Crippen molar-refractivity contribution in [2.45, 2.75) is 40.3 Å². The third kappa shape index (κ3) is 4.09. The van der Waals surface area contributed by atoms with Crippen molar-refractivity contribution in [2.75, 3.05) is 13.1 Å². The van der Waals surface area contributed by atoms with Gasteiger partial charge in [-0.3, -0.25) is 4.79 Å². The number of carbonyl (C=O) groups excluding carboxylic acids is 1. The number of nitrogens with zero attached hydrogens (tertiary/aromatic N) is 2. The van der Waals surface area contributed by atoms with Gasteiger partial charge >= 0.3 is 0 Å². The van der Waals surface area contributed by atoms with E-state index in [0.717, 1.165) is 18.1 Å². The van der Waals surface area contributed by atoms with Gasteiger partial charge in [0.2, 0.25) is 5.91 Å². The van der Waals surface area contributed by atoms with Crippen LogP contribution in [0.2, 0.25) is 0 Å². The van der Waals surface area contributed by atoms with E-state index in [1.807, 2.05) is 38.8 Å². The Balaban J connectivity index is 2.43. The van der Waals surface area contributed by atoms with Crippen molar-refractivity contribution in [1.82, 2.24) is 15.2 Å². The molecule has 4 nitrogen and oxygen atoms in total. The van der Waals surface area contributed by atoms with Gasteiger partial charge in [-0.25, -0.2) is 4.98 Å². The number of amides is 1. The second kappa shape index (κ2) is 6.71. The number of carbonyl (C=O) groups is 1. The van der Waals surface area contributed by atoms with Crippen LogP contribution in [0.4, 0.5) is 0 Å². The van der Waals surface area contributed by atoms with Gasteiger partial charge in [-0.15, -0.1) is 11.3 Å². The Morgan fingerprint density at radius 2 is 2.18 bits per heavy atom. The summed E-state index contributed by atoms with van der Waals surface area (Å²) in [7, 11) is 0. The van der Waals surface area contributed by atoms with Gasteiger partial charge in [-0.05, 0) is 27.7 Å². The van der Waals surface area contributed by atoms with Crippen molar-refractivity contribution in [2.24, 2.45) is 0 Å². The highest BCUT2D eigenvalue weighted by Crippen LogP contribution is 2.11. The normalized spacial score (nSPS) is 12.5. The summed E-state index contributed by atoms with van der Waals surface area (Å²) in [4.78, 5) is 19.2. The molecule has 1 unspecified atom stereocenters. The smallest absolute Gasteiger partial charge is 0.239 e. The van der Waals surface area contributed by atoms with Gasteiger partial charge in [0.15, 0.2) is 0 Å². The average molecular weight is 255 g/mol. The molecule has 0 aliphatic rings. The fourth-order valence-electron chi connectivity index (χ4n) is 1.64. The Morgan fingerprint density at radius 1 is 1.53 bits per heavy atom. The number of likely N-dealkylation sites (N-methyl/N-ethyl adjacent to an activating group) is 1. The maximum absolute atomic E-state index is 12.0. The maximum Gasteiger partial charge on any atom is 0.239 e. The largest absolute Gasteiger partial charge is 0.342 e. The molecule has 1 aromatic rings. The second-order valence-electron chi connectivity index (χ2n) is 3.96. The van der Waals surface area contributed by atoms with Gasteiger partial charge in [-0.1, -0.05) is 0 Å². The van der Waals surface area contributed by atoms with E-state index in [0.29, 0.717) is 6.54 Å². The zero-order valence-corrected chi connectivity index (χ0v) is 11.8. The van der Waals surface area contributed by atoms with E-state index in [9.17, 15) is 4.79 Å². The lowest BCUT2D eigenvalue weighted by molar-refractivity contribution is -0.132. The van der Waals surface area contributed by atoms with E-state index in [1.54, 1.807) is 11.3 Å². The summed E-state index contributed by atoms with van der Waals surface area (Å²) in [5.74, 6) is 0.163. The molecule has 0 bridgehead atoms. The van der Waals surface area contributed by atoms with Crippen LogP contribution in [0, 0.1) is 6.92 Å². The van der Waals surface area contributed by atoms with Crippen molar-refractivity contribution >= 4 is 17.2 Å². The molecule has 1 N–H and O–H groups in total. The zero-order valence-electron chi connectivity index (χ0n) is 11.0. The first kappa shape index (κ1) is 14.1. The van der Waals surface area contributed by atoms with Crippen molar-refractivity contribution in [3.05, 3.63) is 16.1 Å². The summed E-state index contributed by atoms with van der Waals surface area (Å²) < 4.78 is 0. The Bertz CT molecular complexity index is 360. The van der Waals surface area contributed by atoms with Crippen LogP contribution in [-0.4, -0.2) is 34.9 Å². The Labute approximate surface area is 107 Å². The SMILES string of the molecule is CCN(CC)C(=O)C(C)NCc1cnc(C)s1. The highest BCUT2D eigenvalue weighted by atomic mass is 32.1. The highest BCUT2D eigenvalue weighted by Gasteiger charge is 2.17. The van der Waals surface area contributed by atoms with Crippen LogP contribution in [0.3, 0.4) is 0 Å². The van der Waals surface area contributed by atoms with Gasteiger partial charge in [0.25, 0.3) is 0 Å². The number of rotatable bonds is 6. The molecule has 0 fully saturated rings. The number of aromatic nitrogens is 1. The number of aryl methyl sites for hydroxylation is 1. The Kier molecular flexibility index (Phi) is 5.58. The van der Waals surface area contributed by atoms with Crippen LogP contribution in [0.5, 0.6) is 0 Å². The van der Waals surface area contributed by atoms with E-state index in [-0.39, 0.29) is 11.9 Å². The van der Waals surface area contributed by atoms with Gasteiger partial charge < -0.3 is 10.2 Å². The van der Waals surface area contributed by atoms with Crippen molar-refractivity contribution < 1.29 is 4.79 Å². The van der Waals surface area contributed by atoms with Gasteiger partial charge in [0, 0.05) is 30.7 Å². The molecule has 1 aromatic heterocycles. The van der Waals surface area contributed by atoms with Crippen LogP contribution in [-0.2, 0) is 11.3 Å². The maximum atomic E-state index is 12.0. The first-order chi connectivity index (χ1) is 8.08. The minimum absolute atomic E-state index is 0.141.